The van der Waals surface area contributed by atoms with Crippen molar-refractivity contribution in [2.75, 3.05) is 0 Å². The van der Waals surface area contributed by atoms with Crippen LogP contribution in [0.4, 0.5) is 0 Å². The fourth-order valence-corrected chi connectivity index (χ4v) is 134. The fraction of sp³-hybridized carbons (Fsp3) is 1.00. The Bertz CT molecular complexity index is 183. The Balaban J connectivity index is 5.78. The van der Waals surface area contributed by atoms with Crippen molar-refractivity contribution in [3.63, 3.8) is 0 Å². The Labute approximate surface area is 107 Å². The van der Waals surface area contributed by atoms with Gasteiger partial charge in [-0.1, -0.05) is 0 Å². The van der Waals surface area contributed by atoms with Gasteiger partial charge in [-0.25, -0.2) is 0 Å². The van der Waals surface area contributed by atoms with E-state index in [4.69, 9.17) is 0 Å². The molecule has 0 saturated carbocycles. The van der Waals surface area contributed by atoms with E-state index in [0.29, 0.717) is 0 Å². The number of rotatable bonds is 4. The predicted octanol–water partition coefficient (Wildman–Crippen LogP) is 3.93. The summed E-state index contributed by atoms with van der Waals surface area (Å²) in [6.07, 6.45) is 0. The first-order valence-electron chi connectivity index (χ1n) is 5.86. The number of hydrogen-bond acceptors (Lipinski definition) is 0. The first-order chi connectivity index (χ1) is 6.31. The second-order valence-corrected chi connectivity index (χ2v) is 61.4. The Morgan fingerprint density at radius 3 is 0.733 bits per heavy atom. The van der Waals surface area contributed by atoms with Crippen LogP contribution in [0.25, 0.3) is 0 Å². The van der Waals surface area contributed by atoms with E-state index < -0.39 is 28.0 Å². The quantitative estimate of drug-likeness (QED) is 0.680. The molecule has 0 unspecified atom stereocenters. The molecule has 0 aliphatic rings. The van der Waals surface area contributed by atoms with E-state index in [9.17, 15) is 0 Å². The molecule has 0 spiro atoms. The van der Waals surface area contributed by atoms with Gasteiger partial charge in [0.1, 0.15) is 0 Å². The van der Waals surface area contributed by atoms with Crippen LogP contribution in [0.5, 0.6) is 0 Å². The predicted molar refractivity (Wildman–Crippen MR) is 87.4 cm³/mol. The fourth-order valence-electron chi connectivity index (χ4n) is 4.29. The zero-order chi connectivity index (χ0) is 12.7. The third-order valence-corrected chi connectivity index (χ3v) is 118. The summed E-state index contributed by atoms with van der Waals surface area (Å²) in [6, 6.07) is 0. The maximum absolute atomic E-state index is 2.68. The molecule has 0 fully saturated rings. The Morgan fingerprint density at radius 1 is 0.533 bits per heavy atom. The summed E-state index contributed by atoms with van der Waals surface area (Å²) < 4.78 is 0. The third kappa shape index (κ3) is 2.80. The van der Waals surface area contributed by atoms with Gasteiger partial charge in [0.15, 0.2) is 0 Å². The van der Waals surface area contributed by atoms with Crippen molar-refractivity contribution in [1.82, 2.24) is 0 Å². The molecular weight excluding hydrogens is 311 g/mol. The van der Waals surface area contributed by atoms with E-state index >= 15 is 0 Å². The van der Waals surface area contributed by atoms with Crippen LogP contribution in [0.2, 0.25) is 64.7 Å². The van der Waals surface area contributed by atoms with E-state index in [-0.39, 0.29) is 0 Å². The second-order valence-electron chi connectivity index (χ2n) is 7.64. The van der Waals surface area contributed by atoms with Gasteiger partial charge in [0, 0.05) is 0 Å². The molecule has 0 radical (unpaired) electrons. The number of hydrogen-bond donors (Lipinski definition) is 0. The summed E-state index contributed by atoms with van der Waals surface area (Å²) in [6.45, 7) is 24.1. The molecule has 0 atom stereocenters. The summed E-state index contributed by atoms with van der Waals surface area (Å²) in [5, 5.41) is -0.895. The van der Waals surface area contributed by atoms with Gasteiger partial charge in [0.25, 0.3) is 0 Å². The zero-order valence-corrected chi connectivity index (χ0v) is 18.1. The normalized spacial score (nSPS) is 15.6. The Kier molecular flexibility index (Phi) is 5.00. The standard InChI is InChI=1S/C10H30SeSi4/c1-11-15(12(2,3)4,13(5,6)7)14(8,9)10/h1-10H3. The van der Waals surface area contributed by atoms with E-state index in [2.05, 4.69) is 64.7 Å². The molecule has 0 N–H and O–H groups in total. The van der Waals surface area contributed by atoms with Crippen molar-refractivity contribution in [3.05, 3.63) is 0 Å². The SMILES string of the molecule is C[Se][Si]([Si](C)(C)C)([Si](C)(C)C)[Si](C)(C)C. The molecule has 0 aromatic heterocycles. The van der Waals surface area contributed by atoms with E-state index in [1.165, 1.54) is 0 Å². The molecule has 5 heteroatoms. The van der Waals surface area contributed by atoms with Gasteiger partial charge in [-0.15, -0.1) is 0 Å². The van der Waals surface area contributed by atoms with Crippen LogP contribution in [-0.2, 0) is 0 Å². The van der Waals surface area contributed by atoms with E-state index in [0.717, 1.165) is 14.3 Å². The zero-order valence-electron chi connectivity index (χ0n) is 12.4. The molecule has 0 bridgehead atoms. The molecule has 0 aliphatic carbocycles. The minimum atomic E-state index is -0.918. The van der Waals surface area contributed by atoms with Crippen molar-refractivity contribution in [2.24, 2.45) is 0 Å². The molecular formula is C10H30SeSi4. The van der Waals surface area contributed by atoms with Crippen LogP contribution < -0.4 is 0 Å². The van der Waals surface area contributed by atoms with Crippen molar-refractivity contribution < 1.29 is 0 Å². The van der Waals surface area contributed by atoms with Crippen LogP contribution >= 0.6 is 0 Å². The van der Waals surface area contributed by atoms with Gasteiger partial charge < -0.3 is 0 Å². The monoisotopic (exact) mass is 342 g/mol. The minimum absolute atomic E-state index is 0.895. The van der Waals surface area contributed by atoms with Crippen LogP contribution in [0.1, 0.15) is 0 Å². The van der Waals surface area contributed by atoms with Gasteiger partial charge in [-0.2, -0.15) is 0 Å². The molecule has 0 aromatic rings. The van der Waals surface area contributed by atoms with Crippen LogP contribution in [0.3, 0.4) is 0 Å². The molecule has 0 rings (SSSR count). The van der Waals surface area contributed by atoms with E-state index in [1.54, 1.807) is 0 Å². The first-order valence-corrected chi connectivity index (χ1v) is 25.6. The average molecular weight is 342 g/mol. The van der Waals surface area contributed by atoms with Crippen molar-refractivity contribution in [1.29, 1.82) is 0 Å². The molecule has 0 aliphatic heterocycles. The van der Waals surface area contributed by atoms with Crippen LogP contribution in [0, 0.1) is 0 Å². The summed E-state index contributed by atoms with van der Waals surface area (Å²) in [4.78, 5) is 0. The molecule has 0 nitrogen and oxygen atoms in total. The van der Waals surface area contributed by atoms with Gasteiger partial charge in [0.05, 0.1) is 0 Å². The molecule has 92 valence electrons. The summed E-state index contributed by atoms with van der Waals surface area (Å²) in [7, 11) is -2.75. The average Bonchev–Trinajstić information content (AvgIpc) is 1.76. The van der Waals surface area contributed by atoms with Crippen LogP contribution in [-0.4, -0.2) is 42.3 Å². The molecule has 0 amide bonds. The second kappa shape index (κ2) is 4.57. The van der Waals surface area contributed by atoms with Crippen molar-refractivity contribution >= 4 is 42.3 Å². The molecule has 15 heavy (non-hydrogen) atoms. The van der Waals surface area contributed by atoms with E-state index in [1.807, 2.05) is 0 Å². The van der Waals surface area contributed by atoms with Gasteiger partial charge >= 0.3 is 107 Å². The summed E-state index contributed by atoms with van der Waals surface area (Å²) in [5.74, 6) is 2.58. The van der Waals surface area contributed by atoms with Crippen molar-refractivity contribution in [2.45, 2.75) is 64.7 Å². The first kappa shape index (κ1) is 16.4. The van der Waals surface area contributed by atoms with Crippen LogP contribution in [0.15, 0.2) is 0 Å². The topological polar surface area (TPSA) is 0 Å². The Hall–Kier alpha value is 1.39. The Morgan fingerprint density at radius 2 is 0.733 bits per heavy atom. The van der Waals surface area contributed by atoms with Gasteiger partial charge in [-0.05, 0) is 0 Å². The van der Waals surface area contributed by atoms with Gasteiger partial charge in [0.2, 0.25) is 0 Å². The molecule has 0 heterocycles. The maximum atomic E-state index is 2.68. The summed E-state index contributed by atoms with van der Waals surface area (Å²) in [5.41, 5.74) is 0. The molecule has 0 saturated heterocycles. The third-order valence-electron chi connectivity index (χ3n) is 3.47. The van der Waals surface area contributed by atoms with Crippen molar-refractivity contribution in [3.8, 4) is 0 Å². The summed E-state index contributed by atoms with van der Waals surface area (Å²) >= 11 is 0.965. The van der Waals surface area contributed by atoms with Gasteiger partial charge in [-0.3, -0.25) is 0 Å². The molecule has 0 aromatic carbocycles.